The van der Waals surface area contributed by atoms with E-state index in [1.165, 1.54) is 4.90 Å². The first-order valence-corrected chi connectivity index (χ1v) is 8.67. The molecule has 1 atom stereocenters. The summed E-state index contributed by atoms with van der Waals surface area (Å²) in [6.45, 7) is 0. The number of nitrogens with zero attached hydrogens (tertiary/aromatic N) is 1. The summed E-state index contributed by atoms with van der Waals surface area (Å²) in [4.78, 5) is 29.8. The van der Waals surface area contributed by atoms with Gasteiger partial charge in [-0.3, -0.25) is 9.59 Å². The molecule has 0 unspecified atom stereocenters. The van der Waals surface area contributed by atoms with E-state index in [-0.39, 0.29) is 11.6 Å². The van der Waals surface area contributed by atoms with Crippen molar-refractivity contribution in [1.29, 1.82) is 0 Å². The van der Waals surface area contributed by atoms with Gasteiger partial charge in [0.15, 0.2) is 0 Å². The molecule has 3 rings (SSSR count). The smallest absolute Gasteiger partial charge is 0.269 e. The number of benzene rings is 2. The Balaban J connectivity index is 1.86. The second kappa shape index (κ2) is 7.62. The number of rotatable bonds is 5. The SMILES string of the molecule is CN(C)C(=O)[C@H](Cc1ccccc1)NC(=O)c1[nH]c2ccccc2c1Cl. The average molecular weight is 370 g/mol. The first-order valence-electron chi connectivity index (χ1n) is 8.29. The summed E-state index contributed by atoms with van der Waals surface area (Å²) in [5.74, 6) is -0.572. The van der Waals surface area contributed by atoms with Gasteiger partial charge in [0.25, 0.3) is 5.91 Å². The predicted molar refractivity (Wildman–Crippen MR) is 103 cm³/mol. The summed E-state index contributed by atoms with van der Waals surface area (Å²) in [7, 11) is 3.34. The highest BCUT2D eigenvalue weighted by molar-refractivity contribution is 6.38. The Labute approximate surface area is 157 Å². The van der Waals surface area contributed by atoms with Gasteiger partial charge >= 0.3 is 0 Å². The zero-order valence-electron chi connectivity index (χ0n) is 14.6. The first kappa shape index (κ1) is 18.0. The molecule has 5 nitrogen and oxygen atoms in total. The van der Waals surface area contributed by atoms with Crippen molar-refractivity contribution in [2.75, 3.05) is 14.1 Å². The standard InChI is InChI=1S/C20H20ClN3O2/c1-24(2)20(26)16(12-13-8-4-3-5-9-13)23-19(25)18-17(21)14-10-6-7-11-15(14)22-18/h3-11,16,22H,12H2,1-2H3,(H,23,25)/t16-/m0/s1. The number of H-pyrrole nitrogens is 1. The Morgan fingerprint density at radius 3 is 2.38 bits per heavy atom. The molecule has 0 aliphatic heterocycles. The van der Waals surface area contributed by atoms with Crippen molar-refractivity contribution >= 4 is 34.3 Å². The largest absolute Gasteiger partial charge is 0.349 e. The van der Waals surface area contributed by atoms with Crippen LogP contribution in [-0.4, -0.2) is 41.8 Å². The quantitative estimate of drug-likeness (QED) is 0.725. The number of aromatic amines is 1. The minimum Gasteiger partial charge on any atom is -0.349 e. The number of amides is 2. The molecule has 1 aromatic heterocycles. The molecule has 2 aromatic carbocycles. The van der Waals surface area contributed by atoms with E-state index >= 15 is 0 Å². The topological polar surface area (TPSA) is 65.2 Å². The number of para-hydroxylation sites is 1. The third-order valence-corrected chi connectivity index (χ3v) is 4.59. The summed E-state index contributed by atoms with van der Waals surface area (Å²) in [5.41, 5.74) is 2.01. The maximum atomic E-state index is 12.8. The van der Waals surface area contributed by atoms with Crippen LogP contribution in [0.25, 0.3) is 10.9 Å². The Morgan fingerprint density at radius 1 is 1.08 bits per heavy atom. The van der Waals surface area contributed by atoms with Gasteiger partial charge in [0.2, 0.25) is 5.91 Å². The highest BCUT2D eigenvalue weighted by Crippen LogP contribution is 2.27. The van der Waals surface area contributed by atoms with Gasteiger partial charge < -0.3 is 15.2 Å². The van der Waals surface area contributed by atoms with Gasteiger partial charge in [0, 0.05) is 31.4 Å². The van der Waals surface area contributed by atoms with Crippen molar-refractivity contribution in [3.8, 4) is 0 Å². The molecule has 0 bridgehead atoms. The zero-order valence-corrected chi connectivity index (χ0v) is 15.4. The number of likely N-dealkylation sites (N-methyl/N-ethyl adjacent to an activating group) is 1. The summed E-state index contributed by atoms with van der Waals surface area (Å²) >= 11 is 6.35. The normalized spacial score (nSPS) is 12.0. The van der Waals surface area contributed by atoms with Crippen LogP contribution in [0.15, 0.2) is 54.6 Å². The van der Waals surface area contributed by atoms with E-state index in [4.69, 9.17) is 11.6 Å². The highest BCUT2D eigenvalue weighted by Gasteiger charge is 2.25. The lowest BCUT2D eigenvalue weighted by molar-refractivity contribution is -0.130. The predicted octanol–water partition coefficient (Wildman–Crippen LogP) is 3.25. The van der Waals surface area contributed by atoms with Crippen LogP contribution in [-0.2, 0) is 11.2 Å². The Kier molecular flexibility index (Phi) is 5.28. The number of hydrogen-bond acceptors (Lipinski definition) is 2. The molecule has 3 aromatic rings. The van der Waals surface area contributed by atoms with E-state index in [1.54, 1.807) is 14.1 Å². The van der Waals surface area contributed by atoms with Crippen LogP contribution in [0.4, 0.5) is 0 Å². The van der Waals surface area contributed by atoms with Gasteiger partial charge in [-0.25, -0.2) is 0 Å². The number of fused-ring (bicyclic) bond motifs is 1. The van der Waals surface area contributed by atoms with Gasteiger partial charge in [-0.05, 0) is 11.6 Å². The summed E-state index contributed by atoms with van der Waals surface area (Å²) < 4.78 is 0. The lowest BCUT2D eigenvalue weighted by Gasteiger charge is -2.21. The fourth-order valence-electron chi connectivity index (χ4n) is 2.86. The highest BCUT2D eigenvalue weighted by atomic mass is 35.5. The van der Waals surface area contributed by atoms with Crippen LogP contribution >= 0.6 is 11.6 Å². The van der Waals surface area contributed by atoms with E-state index in [2.05, 4.69) is 10.3 Å². The summed E-state index contributed by atoms with van der Waals surface area (Å²) in [6, 6.07) is 16.3. The molecule has 6 heteroatoms. The van der Waals surface area contributed by atoms with Crippen LogP contribution in [0.2, 0.25) is 5.02 Å². The van der Waals surface area contributed by atoms with E-state index in [0.29, 0.717) is 11.4 Å². The number of carbonyl (C=O) groups excluding carboxylic acids is 2. The fourth-order valence-corrected chi connectivity index (χ4v) is 3.15. The van der Waals surface area contributed by atoms with Gasteiger partial charge in [0.1, 0.15) is 11.7 Å². The third-order valence-electron chi connectivity index (χ3n) is 4.20. The Morgan fingerprint density at radius 2 is 1.73 bits per heavy atom. The lowest BCUT2D eigenvalue weighted by atomic mass is 10.0. The molecule has 0 aliphatic rings. The van der Waals surface area contributed by atoms with Gasteiger partial charge in [-0.15, -0.1) is 0 Å². The lowest BCUT2D eigenvalue weighted by Crippen LogP contribution is -2.47. The number of aromatic nitrogens is 1. The molecule has 0 radical (unpaired) electrons. The maximum absolute atomic E-state index is 12.8. The molecular weight excluding hydrogens is 350 g/mol. The van der Waals surface area contributed by atoms with Gasteiger partial charge in [-0.2, -0.15) is 0 Å². The summed E-state index contributed by atoms with van der Waals surface area (Å²) in [6.07, 6.45) is 0.404. The molecular formula is C20H20ClN3O2. The van der Waals surface area contributed by atoms with Crippen molar-refractivity contribution in [2.45, 2.75) is 12.5 Å². The number of hydrogen-bond donors (Lipinski definition) is 2. The average Bonchev–Trinajstić information content (AvgIpc) is 2.98. The molecule has 2 N–H and O–H groups in total. The van der Waals surface area contributed by atoms with Crippen LogP contribution in [0.1, 0.15) is 16.1 Å². The van der Waals surface area contributed by atoms with E-state index < -0.39 is 11.9 Å². The van der Waals surface area contributed by atoms with Crippen LogP contribution < -0.4 is 5.32 Å². The monoisotopic (exact) mass is 369 g/mol. The van der Waals surface area contributed by atoms with Crippen molar-refractivity contribution in [3.05, 3.63) is 70.9 Å². The molecule has 0 saturated heterocycles. The van der Waals surface area contributed by atoms with Gasteiger partial charge in [0.05, 0.1) is 5.02 Å². The van der Waals surface area contributed by atoms with E-state index in [0.717, 1.165) is 16.5 Å². The maximum Gasteiger partial charge on any atom is 0.269 e. The molecule has 2 amide bonds. The molecule has 1 heterocycles. The van der Waals surface area contributed by atoms with Crippen molar-refractivity contribution in [2.24, 2.45) is 0 Å². The van der Waals surface area contributed by atoms with Crippen molar-refractivity contribution < 1.29 is 9.59 Å². The molecule has 134 valence electrons. The van der Waals surface area contributed by atoms with Gasteiger partial charge in [-0.1, -0.05) is 60.1 Å². The molecule has 0 saturated carbocycles. The number of carbonyl (C=O) groups is 2. The number of nitrogens with one attached hydrogen (secondary N) is 2. The summed E-state index contributed by atoms with van der Waals surface area (Å²) in [5, 5.41) is 3.95. The van der Waals surface area contributed by atoms with Crippen LogP contribution in [0.3, 0.4) is 0 Å². The second-order valence-corrected chi connectivity index (χ2v) is 6.69. The minimum absolute atomic E-state index is 0.172. The fraction of sp³-hybridized carbons (Fsp3) is 0.200. The van der Waals surface area contributed by atoms with E-state index in [1.807, 2.05) is 54.6 Å². The van der Waals surface area contributed by atoms with E-state index in [9.17, 15) is 9.59 Å². The second-order valence-electron chi connectivity index (χ2n) is 6.31. The van der Waals surface area contributed by atoms with Crippen molar-refractivity contribution in [1.82, 2.24) is 15.2 Å². The molecule has 0 spiro atoms. The Bertz CT molecular complexity index is 935. The zero-order chi connectivity index (χ0) is 18.7. The van der Waals surface area contributed by atoms with Crippen LogP contribution in [0, 0.1) is 0 Å². The molecule has 26 heavy (non-hydrogen) atoms. The minimum atomic E-state index is -0.678. The molecule has 0 aliphatic carbocycles. The first-order chi connectivity index (χ1) is 12.5. The molecule has 0 fully saturated rings. The van der Waals surface area contributed by atoms with Crippen molar-refractivity contribution in [3.63, 3.8) is 0 Å². The van der Waals surface area contributed by atoms with Crippen LogP contribution in [0.5, 0.6) is 0 Å². The third kappa shape index (κ3) is 3.73. The Hall–Kier alpha value is -2.79. The number of halogens is 1.